The van der Waals surface area contributed by atoms with E-state index in [1.807, 2.05) is 43.3 Å². The predicted octanol–water partition coefficient (Wildman–Crippen LogP) is 3.21. The van der Waals surface area contributed by atoms with E-state index < -0.39 is 0 Å². The molecule has 0 amide bonds. The second kappa shape index (κ2) is 8.23. The molecule has 1 aromatic heterocycles. The average Bonchev–Trinajstić information content (AvgIpc) is 2.66. The van der Waals surface area contributed by atoms with Crippen LogP contribution in [0.2, 0.25) is 0 Å². The maximum absolute atomic E-state index is 12.0. The monoisotopic (exact) mass is 363 g/mol. The second-order valence-electron chi connectivity index (χ2n) is 6.04. The first-order valence-corrected chi connectivity index (χ1v) is 8.45. The Balaban J connectivity index is 1.83. The van der Waals surface area contributed by atoms with Gasteiger partial charge >= 0.3 is 0 Å². The Kier molecular flexibility index (Phi) is 5.56. The molecule has 0 saturated carbocycles. The first-order valence-electron chi connectivity index (χ1n) is 8.45. The summed E-state index contributed by atoms with van der Waals surface area (Å²) < 4.78 is 12.4. The van der Waals surface area contributed by atoms with Gasteiger partial charge in [-0.2, -0.15) is 9.78 Å². The predicted molar refractivity (Wildman–Crippen MR) is 107 cm³/mol. The quantitative estimate of drug-likeness (QED) is 0.682. The fourth-order valence-corrected chi connectivity index (χ4v) is 2.59. The number of hydrogen-bond acceptors (Lipinski definition) is 5. The average molecular weight is 363 g/mol. The summed E-state index contributed by atoms with van der Waals surface area (Å²) in [6, 6.07) is 18.5. The van der Waals surface area contributed by atoms with Crippen molar-refractivity contribution in [3.05, 3.63) is 87.7 Å². The number of ether oxygens (including phenoxy) is 2. The van der Waals surface area contributed by atoms with Crippen LogP contribution in [0.3, 0.4) is 0 Å². The topological polar surface area (TPSA) is 78.8 Å². The van der Waals surface area contributed by atoms with E-state index in [1.54, 1.807) is 31.5 Å². The molecule has 0 aliphatic carbocycles. The van der Waals surface area contributed by atoms with Crippen molar-refractivity contribution in [2.75, 3.05) is 12.8 Å². The van der Waals surface area contributed by atoms with Crippen LogP contribution in [-0.2, 0) is 6.61 Å². The molecule has 0 spiro atoms. The smallest absolute Gasteiger partial charge is 0.273 e. The number of nitrogen functional groups attached to an aromatic ring is 1. The lowest BCUT2D eigenvalue weighted by Crippen LogP contribution is -2.19. The Labute approximate surface area is 157 Å². The van der Waals surface area contributed by atoms with Gasteiger partial charge in [0, 0.05) is 6.07 Å². The van der Waals surface area contributed by atoms with E-state index in [0.29, 0.717) is 18.1 Å². The van der Waals surface area contributed by atoms with Gasteiger partial charge in [-0.05, 0) is 47.9 Å². The van der Waals surface area contributed by atoms with E-state index in [-0.39, 0.29) is 11.4 Å². The van der Waals surface area contributed by atoms with Crippen molar-refractivity contribution in [2.45, 2.75) is 13.5 Å². The number of nitrogens with zero attached hydrogens (tertiary/aromatic N) is 2. The number of methoxy groups -OCH3 is 1. The van der Waals surface area contributed by atoms with Crippen molar-refractivity contribution >= 4 is 12.0 Å². The van der Waals surface area contributed by atoms with Crippen LogP contribution in [0.4, 0.5) is 5.82 Å². The van der Waals surface area contributed by atoms with E-state index in [1.165, 1.54) is 6.07 Å². The van der Waals surface area contributed by atoms with Gasteiger partial charge in [0.05, 0.1) is 13.3 Å². The molecule has 6 heteroatoms. The molecule has 0 fully saturated rings. The molecule has 0 radical (unpaired) electrons. The molecule has 3 aromatic rings. The van der Waals surface area contributed by atoms with Crippen molar-refractivity contribution in [3.63, 3.8) is 0 Å². The SMILES string of the molecule is COc1ccc(/C=N\n2c(N)cc(C)cc2=O)cc1OCc1ccccc1. The van der Waals surface area contributed by atoms with Crippen LogP contribution in [-0.4, -0.2) is 18.0 Å². The standard InChI is InChI=1S/C21H21N3O3/c1-15-10-20(22)24(21(25)11-15)23-13-17-8-9-18(26-2)19(12-17)27-14-16-6-4-3-5-7-16/h3-13H,14,22H2,1-2H3/b23-13-. The van der Waals surface area contributed by atoms with E-state index in [0.717, 1.165) is 21.4 Å². The molecular formula is C21H21N3O3. The molecule has 0 saturated heterocycles. The van der Waals surface area contributed by atoms with Crippen molar-refractivity contribution in [1.29, 1.82) is 0 Å². The third-order valence-corrected chi connectivity index (χ3v) is 3.93. The highest BCUT2D eigenvalue weighted by molar-refractivity contribution is 5.81. The Morgan fingerprint density at radius 3 is 2.56 bits per heavy atom. The molecule has 6 nitrogen and oxygen atoms in total. The minimum absolute atomic E-state index is 0.280. The number of aromatic nitrogens is 1. The molecule has 1 heterocycles. The Morgan fingerprint density at radius 1 is 1.07 bits per heavy atom. The van der Waals surface area contributed by atoms with E-state index in [4.69, 9.17) is 15.2 Å². The third-order valence-electron chi connectivity index (χ3n) is 3.93. The van der Waals surface area contributed by atoms with Gasteiger partial charge < -0.3 is 15.2 Å². The number of nitrogens with two attached hydrogens (primary N) is 1. The number of aryl methyl sites for hydroxylation is 1. The van der Waals surface area contributed by atoms with Gasteiger partial charge in [-0.15, -0.1) is 0 Å². The minimum atomic E-state index is -0.280. The fourth-order valence-electron chi connectivity index (χ4n) is 2.59. The summed E-state index contributed by atoms with van der Waals surface area (Å²) in [4.78, 5) is 12.0. The Bertz CT molecular complexity index is 1010. The molecule has 2 aromatic carbocycles. The van der Waals surface area contributed by atoms with E-state index in [9.17, 15) is 4.79 Å². The Hall–Kier alpha value is -3.54. The number of hydrogen-bond donors (Lipinski definition) is 1. The molecule has 0 atom stereocenters. The van der Waals surface area contributed by atoms with E-state index >= 15 is 0 Å². The largest absolute Gasteiger partial charge is 0.493 e. The van der Waals surface area contributed by atoms with Gasteiger partial charge in [-0.1, -0.05) is 30.3 Å². The molecule has 0 unspecified atom stereocenters. The van der Waals surface area contributed by atoms with Gasteiger partial charge in [0.15, 0.2) is 11.5 Å². The number of rotatable bonds is 6. The zero-order chi connectivity index (χ0) is 19.2. The zero-order valence-corrected chi connectivity index (χ0v) is 15.3. The van der Waals surface area contributed by atoms with Gasteiger partial charge in [0.25, 0.3) is 5.56 Å². The van der Waals surface area contributed by atoms with Crippen molar-refractivity contribution in [2.24, 2.45) is 5.10 Å². The molecule has 27 heavy (non-hydrogen) atoms. The first kappa shape index (κ1) is 18.3. The summed E-state index contributed by atoms with van der Waals surface area (Å²) in [5, 5.41) is 4.19. The van der Waals surface area contributed by atoms with Gasteiger partial charge in [0.1, 0.15) is 12.4 Å². The first-order chi connectivity index (χ1) is 13.1. The summed E-state index contributed by atoms with van der Waals surface area (Å²) in [6.45, 7) is 2.23. The van der Waals surface area contributed by atoms with Crippen LogP contribution in [0.5, 0.6) is 11.5 Å². The van der Waals surface area contributed by atoms with Crippen LogP contribution in [0, 0.1) is 6.92 Å². The molecule has 0 bridgehead atoms. The summed E-state index contributed by atoms with van der Waals surface area (Å²) in [5.74, 6) is 1.50. The van der Waals surface area contributed by atoms with Crippen LogP contribution in [0.1, 0.15) is 16.7 Å². The lowest BCUT2D eigenvalue weighted by atomic mass is 10.2. The van der Waals surface area contributed by atoms with Crippen LogP contribution < -0.4 is 20.8 Å². The highest BCUT2D eigenvalue weighted by Gasteiger charge is 2.06. The van der Waals surface area contributed by atoms with Crippen molar-refractivity contribution < 1.29 is 9.47 Å². The maximum Gasteiger partial charge on any atom is 0.273 e. The van der Waals surface area contributed by atoms with Gasteiger partial charge in [0.2, 0.25) is 0 Å². The normalized spacial score (nSPS) is 10.9. The summed E-state index contributed by atoms with van der Waals surface area (Å²) >= 11 is 0. The number of pyridine rings is 1. The second-order valence-corrected chi connectivity index (χ2v) is 6.04. The molecule has 138 valence electrons. The lowest BCUT2D eigenvalue weighted by molar-refractivity contribution is 0.284. The third kappa shape index (κ3) is 4.55. The summed E-state index contributed by atoms with van der Waals surface area (Å²) in [7, 11) is 1.59. The van der Waals surface area contributed by atoms with Crippen molar-refractivity contribution in [3.8, 4) is 11.5 Å². The molecule has 3 rings (SSSR count). The lowest BCUT2D eigenvalue weighted by Gasteiger charge is -2.11. The van der Waals surface area contributed by atoms with Crippen molar-refractivity contribution in [1.82, 2.24) is 4.68 Å². The molecule has 0 aliphatic heterocycles. The zero-order valence-electron chi connectivity index (χ0n) is 15.3. The molecular weight excluding hydrogens is 342 g/mol. The van der Waals surface area contributed by atoms with E-state index in [2.05, 4.69) is 5.10 Å². The highest BCUT2D eigenvalue weighted by atomic mass is 16.5. The number of anilines is 1. The van der Waals surface area contributed by atoms with Crippen LogP contribution in [0.25, 0.3) is 0 Å². The van der Waals surface area contributed by atoms with Crippen LogP contribution in [0.15, 0.2) is 70.6 Å². The van der Waals surface area contributed by atoms with Gasteiger partial charge in [-0.3, -0.25) is 4.79 Å². The fraction of sp³-hybridized carbons (Fsp3) is 0.143. The number of benzene rings is 2. The van der Waals surface area contributed by atoms with Crippen LogP contribution >= 0.6 is 0 Å². The maximum atomic E-state index is 12.0. The molecule has 0 aliphatic rings. The van der Waals surface area contributed by atoms with Gasteiger partial charge in [-0.25, -0.2) is 0 Å². The highest BCUT2D eigenvalue weighted by Crippen LogP contribution is 2.28. The minimum Gasteiger partial charge on any atom is -0.493 e. The summed E-state index contributed by atoms with van der Waals surface area (Å²) in [6.07, 6.45) is 1.56. The summed E-state index contributed by atoms with van der Waals surface area (Å²) in [5.41, 5.74) is 8.20. The Morgan fingerprint density at radius 2 is 1.85 bits per heavy atom. The molecule has 2 N–H and O–H groups in total.